The third-order valence-electron chi connectivity index (χ3n) is 6.53. The lowest BCUT2D eigenvalue weighted by Crippen LogP contribution is -2.35. The van der Waals surface area contributed by atoms with E-state index in [0.717, 1.165) is 44.6 Å². The zero-order chi connectivity index (χ0) is 25.6. The first kappa shape index (κ1) is 24.7. The zero-order valence-corrected chi connectivity index (χ0v) is 21.2. The summed E-state index contributed by atoms with van der Waals surface area (Å²) < 4.78 is 17.2. The maximum atomic E-state index is 11.1. The molecule has 5 aromatic rings. The number of para-hydroxylation sites is 1. The van der Waals surface area contributed by atoms with Crippen LogP contribution in [0.15, 0.2) is 91.0 Å². The van der Waals surface area contributed by atoms with Crippen molar-refractivity contribution in [1.29, 1.82) is 0 Å². The third kappa shape index (κ3) is 5.71. The van der Waals surface area contributed by atoms with Crippen LogP contribution in [-0.2, 0) is 13.1 Å². The predicted molar refractivity (Wildman–Crippen MR) is 147 cm³/mol. The Bertz CT molecular complexity index is 1460. The van der Waals surface area contributed by atoms with Gasteiger partial charge in [-0.1, -0.05) is 60.7 Å². The number of rotatable bonds is 11. The summed E-state index contributed by atoms with van der Waals surface area (Å²) in [4.78, 5) is 5.65. The fourth-order valence-corrected chi connectivity index (χ4v) is 4.78. The van der Waals surface area contributed by atoms with Crippen LogP contribution < -0.4 is 14.2 Å². The molecule has 2 N–H and O–H groups in total. The van der Waals surface area contributed by atoms with Gasteiger partial charge in [-0.2, -0.15) is 0 Å². The molecule has 0 aliphatic heterocycles. The molecule has 1 heterocycles. The molecular formula is C31H32N2O4. The van der Waals surface area contributed by atoms with Gasteiger partial charge in [-0.3, -0.25) is 4.90 Å². The highest BCUT2D eigenvalue weighted by molar-refractivity contribution is 6.10. The standard InChI is InChI=1S/C31H32N2O4/c1-35-25-16-15-23(30(17-25)36-2)19-33(18-22-9-4-3-5-10-22)20-24(34)21-37-29-14-8-13-28-31(29)26-11-6-7-12-27(26)32-28/h3-17,24,32,34H,18-21H2,1-2H3. The number of aromatic amines is 1. The number of fused-ring (bicyclic) bond motifs is 3. The molecule has 6 nitrogen and oxygen atoms in total. The van der Waals surface area contributed by atoms with Gasteiger partial charge in [0.2, 0.25) is 0 Å². The van der Waals surface area contributed by atoms with Crippen molar-refractivity contribution < 1.29 is 19.3 Å². The van der Waals surface area contributed by atoms with E-state index in [1.165, 1.54) is 5.56 Å². The van der Waals surface area contributed by atoms with E-state index >= 15 is 0 Å². The minimum absolute atomic E-state index is 0.184. The number of ether oxygens (including phenoxy) is 3. The molecule has 1 unspecified atom stereocenters. The van der Waals surface area contributed by atoms with Gasteiger partial charge < -0.3 is 24.3 Å². The molecule has 190 valence electrons. The number of hydrogen-bond donors (Lipinski definition) is 2. The van der Waals surface area contributed by atoms with Crippen LogP contribution in [0.25, 0.3) is 21.8 Å². The highest BCUT2D eigenvalue weighted by atomic mass is 16.5. The van der Waals surface area contributed by atoms with E-state index in [1.807, 2.05) is 66.7 Å². The van der Waals surface area contributed by atoms with Crippen LogP contribution >= 0.6 is 0 Å². The number of aliphatic hydroxyl groups excluding tert-OH is 1. The summed E-state index contributed by atoms with van der Waals surface area (Å²) in [6, 6.07) is 30.2. The molecule has 0 fully saturated rings. The molecule has 0 aliphatic rings. The van der Waals surface area contributed by atoms with Gasteiger partial charge in [-0.05, 0) is 29.8 Å². The first-order valence-corrected chi connectivity index (χ1v) is 12.4. The van der Waals surface area contributed by atoms with Crippen LogP contribution in [0.5, 0.6) is 17.2 Å². The van der Waals surface area contributed by atoms with Crippen LogP contribution in [-0.4, -0.2) is 48.5 Å². The van der Waals surface area contributed by atoms with E-state index in [9.17, 15) is 5.11 Å². The average Bonchev–Trinajstić information content (AvgIpc) is 3.32. The second-order valence-electron chi connectivity index (χ2n) is 9.15. The number of H-pyrrole nitrogens is 1. The molecule has 0 saturated carbocycles. The number of nitrogens with one attached hydrogen (secondary N) is 1. The quantitative estimate of drug-likeness (QED) is 0.243. The van der Waals surface area contributed by atoms with E-state index in [0.29, 0.717) is 19.6 Å². The van der Waals surface area contributed by atoms with Gasteiger partial charge in [0, 0.05) is 47.6 Å². The molecule has 4 aromatic carbocycles. The normalized spacial score (nSPS) is 12.2. The maximum absolute atomic E-state index is 11.1. The molecule has 0 radical (unpaired) electrons. The Hall–Kier alpha value is -4.00. The van der Waals surface area contributed by atoms with Gasteiger partial charge in [0.15, 0.2) is 0 Å². The smallest absolute Gasteiger partial charge is 0.129 e. The fourth-order valence-electron chi connectivity index (χ4n) is 4.78. The molecule has 0 aliphatic carbocycles. The number of hydrogen-bond acceptors (Lipinski definition) is 5. The topological polar surface area (TPSA) is 67.0 Å². The summed E-state index contributed by atoms with van der Waals surface area (Å²) in [6.45, 7) is 1.92. The Morgan fingerprint density at radius 2 is 1.57 bits per heavy atom. The number of nitrogens with zero attached hydrogens (tertiary/aromatic N) is 1. The lowest BCUT2D eigenvalue weighted by molar-refractivity contribution is 0.0631. The second-order valence-corrected chi connectivity index (χ2v) is 9.15. The second kappa shape index (κ2) is 11.4. The molecule has 1 atom stereocenters. The number of methoxy groups -OCH3 is 2. The Labute approximate surface area is 217 Å². The van der Waals surface area contributed by atoms with Crippen molar-refractivity contribution in [2.75, 3.05) is 27.4 Å². The Kier molecular flexibility index (Phi) is 7.59. The Balaban J connectivity index is 1.33. The Morgan fingerprint density at radius 1 is 0.784 bits per heavy atom. The van der Waals surface area contributed by atoms with E-state index in [4.69, 9.17) is 14.2 Å². The maximum Gasteiger partial charge on any atom is 0.129 e. The van der Waals surface area contributed by atoms with E-state index in [1.54, 1.807) is 14.2 Å². The first-order valence-electron chi connectivity index (χ1n) is 12.4. The highest BCUT2D eigenvalue weighted by Gasteiger charge is 2.17. The zero-order valence-electron chi connectivity index (χ0n) is 21.2. The van der Waals surface area contributed by atoms with Crippen molar-refractivity contribution in [3.63, 3.8) is 0 Å². The minimum atomic E-state index is -0.687. The van der Waals surface area contributed by atoms with Crippen molar-refractivity contribution in [2.24, 2.45) is 0 Å². The molecule has 0 amide bonds. The van der Waals surface area contributed by atoms with Crippen molar-refractivity contribution in [3.8, 4) is 17.2 Å². The van der Waals surface area contributed by atoms with Crippen LogP contribution in [0.3, 0.4) is 0 Å². The molecule has 5 rings (SSSR count). The molecule has 6 heteroatoms. The SMILES string of the molecule is COc1ccc(CN(Cc2ccccc2)CC(O)COc2cccc3[nH]c4ccccc4c23)c(OC)c1. The molecule has 37 heavy (non-hydrogen) atoms. The fraction of sp³-hybridized carbons (Fsp3) is 0.226. The molecule has 1 aromatic heterocycles. The van der Waals surface area contributed by atoms with Crippen molar-refractivity contribution >= 4 is 21.8 Å². The highest BCUT2D eigenvalue weighted by Crippen LogP contribution is 2.33. The van der Waals surface area contributed by atoms with Gasteiger partial charge in [0.25, 0.3) is 0 Å². The van der Waals surface area contributed by atoms with Crippen molar-refractivity contribution in [1.82, 2.24) is 9.88 Å². The van der Waals surface area contributed by atoms with Crippen molar-refractivity contribution in [2.45, 2.75) is 19.2 Å². The molecule has 0 saturated heterocycles. The lowest BCUT2D eigenvalue weighted by atomic mass is 10.1. The Morgan fingerprint density at radius 3 is 2.38 bits per heavy atom. The van der Waals surface area contributed by atoms with E-state index in [-0.39, 0.29) is 6.61 Å². The van der Waals surface area contributed by atoms with Gasteiger partial charge in [0.1, 0.15) is 30.0 Å². The summed E-state index contributed by atoms with van der Waals surface area (Å²) in [6.07, 6.45) is -0.687. The van der Waals surface area contributed by atoms with Crippen LogP contribution in [0.2, 0.25) is 0 Å². The summed E-state index contributed by atoms with van der Waals surface area (Å²) in [5.74, 6) is 2.27. The summed E-state index contributed by atoms with van der Waals surface area (Å²) in [7, 11) is 3.30. The van der Waals surface area contributed by atoms with Crippen LogP contribution in [0, 0.1) is 0 Å². The summed E-state index contributed by atoms with van der Waals surface area (Å²) >= 11 is 0. The van der Waals surface area contributed by atoms with Gasteiger partial charge in [-0.25, -0.2) is 0 Å². The van der Waals surface area contributed by atoms with E-state index < -0.39 is 6.10 Å². The first-order chi connectivity index (χ1) is 18.1. The van der Waals surface area contributed by atoms with Gasteiger partial charge in [0.05, 0.1) is 19.7 Å². The largest absolute Gasteiger partial charge is 0.497 e. The lowest BCUT2D eigenvalue weighted by Gasteiger charge is -2.26. The number of aromatic nitrogens is 1. The summed E-state index contributed by atoms with van der Waals surface area (Å²) in [5.41, 5.74) is 4.28. The molecule has 0 bridgehead atoms. The van der Waals surface area contributed by atoms with Crippen LogP contribution in [0.4, 0.5) is 0 Å². The number of benzene rings is 4. The van der Waals surface area contributed by atoms with Gasteiger partial charge in [-0.15, -0.1) is 0 Å². The monoisotopic (exact) mass is 496 g/mol. The van der Waals surface area contributed by atoms with E-state index in [2.05, 4.69) is 34.1 Å². The molecular weight excluding hydrogens is 464 g/mol. The molecule has 0 spiro atoms. The average molecular weight is 497 g/mol. The summed E-state index contributed by atoms with van der Waals surface area (Å²) in [5, 5.41) is 13.2. The minimum Gasteiger partial charge on any atom is -0.497 e. The van der Waals surface area contributed by atoms with Gasteiger partial charge >= 0.3 is 0 Å². The van der Waals surface area contributed by atoms with Crippen LogP contribution in [0.1, 0.15) is 11.1 Å². The van der Waals surface area contributed by atoms with Crippen molar-refractivity contribution in [3.05, 3.63) is 102 Å². The number of aliphatic hydroxyl groups is 1. The predicted octanol–water partition coefficient (Wildman–Crippen LogP) is 5.78. The third-order valence-corrected chi connectivity index (χ3v) is 6.53.